The lowest BCUT2D eigenvalue weighted by molar-refractivity contribution is -0.133. The Morgan fingerprint density at radius 1 is 1.53 bits per heavy atom. The molecule has 3 N–H and O–H groups in total. The van der Waals surface area contributed by atoms with E-state index in [0.717, 1.165) is 11.8 Å². The third-order valence-corrected chi connectivity index (χ3v) is 3.30. The van der Waals surface area contributed by atoms with Crippen molar-refractivity contribution in [3.8, 4) is 0 Å². The smallest absolute Gasteiger partial charge is 0.313 e. The van der Waals surface area contributed by atoms with E-state index in [-0.39, 0.29) is 16.8 Å². The van der Waals surface area contributed by atoms with E-state index in [1.165, 1.54) is 16.8 Å². The number of carboxylic acid groups (broad SMARTS) is 1. The molecule has 0 saturated heterocycles. The van der Waals surface area contributed by atoms with Gasteiger partial charge in [-0.15, -0.1) is 0 Å². The van der Waals surface area contributed by atoms with Gasteiger partial charge in [-0.3, -0.25) is 14.4 Å². The van der Waals surface area contributed by atoms with Crippen LogP contribution in [0.2, 0.25) is 0 Å². The molecule has 0 spiro atoms. The number of carbonyl (C=O) groups excluding carboxylic acids is 1. The molecule has 19 heavy (non-hydrogen) atoms. The van der Waals surface area contributed by atoms with Crippen molar-refractivity contribution in [2.45, 2.75) is 25.0 Å². The quantitative estimate of drug-likeness (QED) is 0.566. The molecule has 8 heteroatoms. The second kappa shape index (κ2) is 6.37. The van der Waals surface area contributed by atoms with Gasteiger partial charge in [-0.2, -0.15) is 4.98 Å². The Labute approximate surface area is 113 Å². The standard InChI is InChI=1S/C11H15N3O4S/c1-6(2)9(10(12)18)14-4-3-7(15)13-11(14)19-5-8(16)17/h3-4,6,9H,5H2,1-2H3,(H2,12,18)(H,16,17). The number of hydrogen-bond donors (Lipinski definition) is 2. The summed E-state index contributed by atoms with van der Waals surface area (Å²) < 4.78 is 1.45. The minimum absolute atomic E-state index is 0.106. The number of thioether (sulfide) groups is 1. The Morgan fingerprint density at radius 3 is 2.63 bits per heavy atom. The van der Waals surface area contributed by atoms with Crippen molar-refractivity contribution in [3.63, 3.8) is 0 Å². The molecule has 0 aromatic carbocycles. The molecular weight excluding hydrogens is 270 g/mol. The summed E-state index contributed by atoms with van der Waals surface area (Å²) in [6.45, 7) is 3.61. The van der Waals surface area contributed by atoms with Gasteiger partial charge in [-0.05, 0) is 5.92 Å². The number of nitrogens with zero attached hydrogens (tertiary/aromatic N) is 2. The number of aromatic nitrogens is 2. The largest absolute Gasteiger partial charge is 0.481 e. The fraction of sp³-hybridized carbons (Fsp3) is 0.455. The first-order chi connectivity index (χ1) is 8.82. The predicted octanol–water partition coefficient (Wildman–Crippen LogP) is 0.102. The van der Waals surface area contributed by atoms with Crippen molar-refractivity contribution in [2.75, 3.05) is 5.75 Å². The molecule has 1 aromatic heterocycles. The number of carbonyl (C=O) groups is 2. The Bertz CT molecular complexity index is 541. The molecule has 0 radical (unpaired) electrons. The summed E-state index contributed by atoms with van der Waals surface area (Å²) in [7, 11) is 0. The topological polar surface area (TPSA) is 115 Å². The highest BCUT2D eigenvalue weighted by Gasteiger charge is 2.23. The third kappa shape index (κ3) is 4.09. The van der Waals surface area contributed by atoms with Gasteiger partial charge >= 0.3 is 5.97 Å². The maximum Gasteiger partial charge on any atom is 0.313 e. The zero-order valence-electron chi connectivity index (χ0n) is 10.6. The van der Waals surface area contributed by atoms with Crippen molar-refractivity contribution in [1.29, 1.82) is 0 Å². The monoisotopic (exact) mass is 285 g/mol. The van der Waals surface area contributed by atoms with Gasteiger partial charge in [0, 0.05) is 12.3 Å². The number of primary amides is 1. The lowest BCUT2D eigenvalue weighted by atomic mass is 10.0. The van der Waals surface area contributed by atoms with E-state index in [1.807, 2.05) is 0 Å². The molecule has 0 aliphatic carbocycles. The zero-order chi connectivity index (χ0) is 14.6. The van der Waals surface area contributed by atoms with Gasteiger partial charge in [-0.25, -0.2) is 0 Å². The Balaban J connectivity index is 3.21. The van der Waals surface area contributed by atoms with Crippen LogP contribution >= 0.6 is 11.8 Å². The van der Waals surface area contributed by atoms with Crippen molar-refractivity contribution in [1.82, 2.24) is 9.55 Å². The lowest BCUT2D eigenvalue weighted by Crippen LogP contribution is -2.32. The van der Waals surface area contributed by atoms with Crippen molar-refractivity contribution >= 4 is 23.6 Å². The van der Waals surface area contributed by atoms with Gasteiger partial charge in [0.1, 0.15) is 6.04 Å². The van der Waals surface area contributed by atoms with E-state index in [1.54, 1.807) is 13.8 Å². The molecule has 0 bridgehead atoms. The average Bonchev–Trinajstić information content (AvgIpc) is 2.28. The van der Waals surface area contributed by atoms with E-state index in [4.69, 9.17) is 10.8 Å². The van der Waals surface area contributed by atoms with E-state index in [9.17, 15) is 14.4 Å². The second-order valence-electron chi connectivity index (χ2n) is 4.23. The normalized spacial score (nSPS) is 12.4. The van der Waals surface area contributed by atoms with Gasteiger partial charge in [0.05, 0.1) is 5.75 Å². The van der Waals surface area contributed by atoms with Crippen LogP contribution in [0.3, 0.4) is 0 Å². The number of carboxylic acids is 1. The SMILES string of the molecule is CC(C)C(C(N)=O)n1ccc(=O)nc1SCC(=O)O. The molecule has 1 heterocycles. The number of amides is 1. The fourth-order valence-corrected chi connectivity index (χ4v) is 2.36. The highest BCUT2D eigenvalue weighted by atomic mass is 32.2. The highest BCUT2D eigenvalue weighted by molar-refractivity contribution is 7.99. The van der Waals surface area contributed by atoms with E-state index in [0.29, 0.717) is 0 Å². The molecule has 1 atom stereocenters. The number of rotatable bonds is 6. The minimum Gasteiger partial charge on any atom is -0.481 e. The summed E-state index contributed by atoms with van der Waals surface area (Å²) in [5.41, 5.74) is 4.85. The molecule has 1 rings (SSSR count). The molecular formula is C11H15N3O4S. The second-order valence-corrected chi connectivity index (χ2v) is 5.17. The van der Waals surface area contributed by atoms with Crippen LogP contribution in [0.5, 0.6) is 0 Å². The van der Waals surface area contributed by atoms with Crippen LogP contribution < -0.4 is 11.3 Å². The molecule has 104 valence electrons. The Morgan fingerprint density at radius 2 is 2.16 bits per heavy atom. The molecule has 0 aliphatic rings. The van der Waals surface area contributed by atoms with E-state index >= 15 is 0 Å². The van der Waals surface area contributed by atoms with Crippen LogP contribution in [0, 0.1) is 5.92 Å². The van der Waals surface area contributed by atoms with Gasteiger partial charge in [0.25, 0.3) is 5.56 Å². The molecule has 1 unspecified atom stereocenters. The molecule has 0 aliphatic heterocycles. The first-order valence-electron chi connectivity index (χ1n) is 5.56. The summed E-state index contributed by atoms with van der Waals surface area (Å²) in [6, 6.07) is 0.535. The average molecular weight is 285 g/mol. The zero-order valence-corrected chi connectivity index (χ0v) is 11.4. The van der Waals surface area contributed by atoms with Gasteiger partial charge in [-0.1, -0.05) is 25.6 Å². The first-order valence-corrected chi connectivity index (χ1v) is 6.54. The van der Waals surface area contributed by atoms with Gasteiger partial charge in [0.2, 0.25) is 5.91 Å². The summed E-state index contributed by atoms with van der Waals surface area (Å²) >= 11 is 0.877. The van der Waals surface area contributed by atoms with Crippen LogP contribution in [0.4, 0.5) is 0 Å². The maximum absolute atomic E-state index is 11.5. The highest BCUT2D eigenvalue weighted by Crippen LogP contribution is 2.23. The fourth-order valence-electron chi connectivity index (χ4n) is 1.63. The molecule has 7 nitrogen and oxygen atoms in total. The van der Waals surface area contributed by atoms with Gasteiger partial charge < -0.3 is 15.4 Å². The van der Waals surface area contributed by atoms with Crippen LogP contribution in [0.15, 0.2) is 22.2 Å². The van der Waals surface area contributed by atoms with Crippen molar-refractivity contribution < 1.29 is 14.7 Å². The minimum atomic E-state index is -1.03. The summed E-state index contributed by atoms with van der Waals surface area (Å²) in [6.07, 6.45) is 1.41. The van der Waals surface area contributed by atoms with Crippen LogP contribution in [-0.4, -0.2) is 32.3 Å². The first kappa shape index (κ1) is 15.2. The molecule has 1 amide bonds. The number of aliphatic carboxylic acids is 1. The maximum atomic E-state index is 11.5. The predicted molar refractivity (Wildman–Crippen MR) is 69.9 cm³/mol. The summed E-state index contributed by atoms with van der Waals surface area (Å²) in [4.78, 5) is 37.0. The van der Waals surface area contributed by atoms with Crippen LogP contribution in [0.1, 0.15) is 19.9 Å². The number of hydrogen-bond acceptors (Lipinski definition) is 5. The lowest BCUT2D eigenvalue weighted by Gasteiger charge is -2.22. The summed E-state index contributed by atoms with van der Waals surface area (Å²) in [5, 5.41) is 8.84. The van der Waals surface area contributed by atoms with Crippen LogP contribution in [-0.2, 0) is 9.59 Å². The number of nitrogens with two attached hydrogens (primary N) is 1. The van der Waals surface area contributed by atoms with E-state index in [2.05, 4.69) is 4.98 Å². The van der Waals surface area contributed by atoms with Gasteiger partial charge in [0.15, 0.2) is 5.16 Å². The molecule has 0 fully saturated rings. The van der Waals surface area contributed by atoms with Crippen molar-refractivity contribution in [3.05, 3.63) is 22.6 Å². The van der Waals surface area contributed by atoms with E-state index < -0.39 is 23.5 Å². The van der Waals surface area contributed by atoms with Crippen LogP contribution in [0.25, 0.3) is 0 Å². The summed E-state index contributed by atoms with van der Waals surface area (Å²) in [5.74, 6) is -1.95. The van der Waals surface area contributed by atoms with Crippen molar-refractivity contribution in [2.24, 2.45) is 11.7 Å². The Hall–Kier alpha value is -1.83. The Kier molecular flexibility index (Phi) is 5.11. The molecule has 1 aromatic rings. The third-order valence-electron chi connectivity index (χ3n) is 2.35. The molecule has 0 saturated carbocycles.